The second kappa shape index (κ2) is 8.15. The number of hydrogen-bond acceptors (Lipinski definition) is 3. The van der Waals surface area contributed by atoms with E-state index in [1.165, 1.54) is 30.6 Å². The summed E-state index contributed by atoms with van der Waals surface area (Å²) in [7, 11) is 1.75. The maximum absolute atomic E-state index is 11.7. The average molecular weight is 308 g/mol. The Morgan fingerprint density at radius 2 is 1.95 bits per heavy atom. The first-order chi connectivity index (χ1) is 10.6. The van der Waals surface area contributed by atoms with E-state index in [4.69, 9.17) is 0 Å². The minimum Gasteiger partial charge on any atom is -0.355 e. The van der Waals surface area contributed by atoms with E-state index in [2.05, 4.69) is 22.5 Å². The van der Waals surface area contributed by atoms with Gasteiger partial charge in [-0.25, -0.2) is 0 Å². The molecule has 2 amide bonds. The van der Waals surface area contributed by atoms with Crippen LogP contribution in [0.2, 0.25) is 0 Å². The van der Waals surface area contributed by atoms with Crippen LogP contribution in [0.1, 0.15) is 51.9 Å². The largest absolute Gasteiger partial charge is 0.355 e. The van der Waals surface area contributed by atoms with Crippen molar-refractivity contribution in [3.63, 3.8) is 0 Å². The van der Waals surface area contributed by atoms with Crippen LogP contribution >= 0.6 is 0 Å². The predicted molar refractivity (Wildman–Crippen MR) is 86.5 cm³/mol. The maximum Gasteiger partial charge on any atom is 0.229 e. The van der Waals surface area contributed by atoms with Crippen molar-refractivity contribution in [2.75, 3.05) is 20.1 Å². The van der Waals surface area contributed by atoms with E-state index in [1.807, 2.05) is 0 Å². The van der Waals surface area contributed by atoms with Gasteiger partial charge in [-0.05, 0) is 25.2 Å². The highest BCUT2D eigenvalue weighted by molar-refractivity contribution is 5.97. The second-order valence-corrected chi connectivity index (χ2v) is 6.40. The van der Waals surface area contributed by atoms with Gasteiger partial charge >= 0.3 is 0 Å². The summed E-state index contributed by atoms with van der Waals surface area (Å²) >= 11 is 0. The van der Waals surface area contributed by atoms with E-state index in [0.717, 1.165) is 11.9 Å². The summed E-state index contributed by atoms with van der Waals surface area (Å²) in [5, 5.41) is 6.66. The molecule has 2 N–H and O–H groups in total. The number of likely N-dealkylation sites (tertiary alicyclic amines) is 1. The Balaban J connectivity index is 1.74. The number of carbonyl (C=O) groups excluding carboxylic acids is 2. The van der Waals surface area contributed by atoms with Crippen molar-refractivity contribution < 1.29 is 9.59 Å². The maximum atomic E-state index is 11.7. The quantitative estimate of drug-likeness (QED) is 0.466. The van der Waals surface area contributed by atoms with Gasteiger partial charge in [-0.15, -0.1) is 0 Å². The molecule has 2 rings (SSSR count). The lowest BCUT2D eigenvalue weighted by atomic mass is 9.87. The van der Waals surface area contributed by atoms with E-state index in [9.17, 15) is 9.59 Å². The molecule has 124 valence electrons. The Bertz CT molecular complexity index is 420. The smallest absolute Gasteiger partial charge is 0.229 e. The van der Waals surface area contributed by atoms with E-state index >= 15 is 0 Å². The molecule has 2 unspecified atom stereocenters. The van der Waals surface area contributed by atoms with Gasteiger partial charge in [-0.1, -0.05) is 19.8 Å². The summed E-state index contributed by atoms with van der Waals surface area (Å²) in [6, 6.07) is 0.466. The van der Waals surface area contributed by atoms with Crippen molar-refractivity contribution in [2.45, 2.75) is 57.9 Å². The standard InChI is InChI=1S/C16H28N4O2/c1-12-5-3-6-13(11-12)19-16(17-2)18-9-10-20-14(21)7-4-8-15(20)22/h12-13H,3-11H2,1-2H3,(H2,17,18,19). The lowest BCUT2D eigenvalue weighted by molar-refractivity contribution is -0.147. The molecule has 1 heterocycles. The number of guanidine groups is 1. The third-order valence-corrected chi connectivity index (χ3v) is 4.51. The number of rotatable bonds is 4. The van der Waals surface area contributed by atoms with Gasteiger partial charge < -0.3 is 10.6 Å². The number of imide groups is 1. The van der Waals surface area contributed by atoms with Gasteiger partial charge in [0.2, 0.25) is 11.8 Å². The molecule has 1 saturated heterocycles. The molecule has 22 heavy (non-hydrogen) atoms. The number of aliphatic imine (C=N–C) groups is 1. The van der Waals surface area contributed by atoms with Gasteiger partial charge in [-0.3, -0.25) is 19.5 Å². The average Bonchev–Trinajstić information content (AvgIpc) is 2.49. The summed E-state index contributed by atoms with van der Waals surface area (Å²) in [5.41, 5.74) is 0. The third kappa shape index (κ3) is 4.71. The van der Waals surface area contributed by atoms with Gasteiger partial charge in [-0.2, -0.15) is 0 Å². The van der Waals surface area contributed by atoms with E-state index < -0.39 is 0 Å². The first kappa shape index (κ1) is 16.8. The van der Waals surface area contributed by atoms with Gasteiger partial charge in [0.1, 0.15) is 0 Å². The van der Waals surface area contributed by atoms with Crippen LogP contribution in [0, 0.1) is 5.92 Å². The van der Waals surface area contributed by atoms with Crippen LogP contribution in [0.5, 0.6) is 0 Å². The molecule has 2 aliphatic rings. The molecule has 1 aliphatic carbocycles. The highest BCUT2D eigenvalue weighted by atomic mass is 16.2. The van der Waals surface area contributed by atoms with Crippen molar-refractivity contribution >= 4 is 17.8 Å². The number of piperidine rings is 1. The zero-order valence-electron chi connectivity index (χ0n) is 13.7. The number of nitrogens with zero attached hydrogens (tertiary/aromatic N) is 2. The van der Waals surface area contributed by atoms with Crippen molar-refractivity contribution in [1.82, 2.24) is 15.5 Å². The summed E-state index contributed by atoms with van der Waals surface area (Å²) in [6.45, 7) is 3.25. The normalized spacial score (nSPS) is 27.0. The Kier molecular flexibility index (Phi) is 6.21. The van der Waals surface area contributed by atoms with Crippen LogP contribution < -0.4 is 10.6 Å². The van der Waals surface area contributed by atoms with Crippen LogP contribution in [-0.4, -0.2) is 48.9 Å². The highest BCUT2D eigenvalue weighted by Gasteiger charge is 2.25. The molecular weight excluding hydrogens is 280 g/mol. The fraction of sp³-hybridized carbons (Fsp3) is 0.812. The molecule has 6 heteroatoms. The van der Waals surface area contributed by atoms with Gasteiger partial charge in [0, 0.05) is 39.0 Å². The zero-order chi connectivity index (χ0) is 15.9. The first-order valence-corrected chi connectivity index (χ1v) is 8.40. The third-order valence-electron chi connectivity index (χ3n) is 4.51. The minimum atomic E-state index is -0.0536. The fourth-order valence-electron chi connectivity index (χ4n) is 3.29. The van der Waals surface area contributed by atoms with Gasteiger partial charge in [0.05, 0.1) is 0 Å². The number of amides is 2. The number of nitrogens with one attached hydrogen (secondary N) is 2. The minimum absolute atomic E-state index is 0.0536. The van der Waals surface area contributed by atoms with Gasteiger partial charge in [0.25, 0.3) is 0 Å². The molecule has 1 saturated carbocycles. The molecule has 0 aromatic rings. The molecule has 0 bridgehead atoms. The number of hydrogen-bond donors (Lipinski definition) is 2. The molecule has 2 fully saturated rings. The van der Waals surface area contributed by atoms with Crippen LogP contribution in [0.15, 0.2) is 4.99 Å². The molecule has 0 aromatic heterocycles. The van der Waals surface area contributed by atoms with E-state index in [-0.39, 0.29) is 11.8 Å². The van der Waals surface area contributed by atoms with Crippen LogP contribution in [-0.2, 0) is 9.59 Å². The summed E-state index contributed by atoms with van der Waals surface area (Å²) in [5.74, 6) is 1.41. The SMILES string of the molecule is CN=C(NCCN1C(=O)CCCC1=O)NC1CCCC(C)C1. The highest BCUT2D eigenvalue weighted by Crippen LogP contribution is 2.23. The van der Waals surface area contributed by atoms with Crippen molar-refractivity contribution in [1.29, 1.82) is 0 Å². The lowest BCUT2D eigenvalue weighted by Crippen LogP contribution is -2.49. The van der Waals surface area contributed by atoms with Crippen LogP contribution in [0.3, 0.4) is 0 Å². The molecular formula is C16H28N4O2. The first-order valence-electron chi connectivity index (χ1n) is 8.40. The molecule has 0 spiro atoms. The second-order valence-electron chi connectivity index (χ2n) is 6.40. The lowest BCUT2D eigenvalue weighted by Gasteiger charge is -2.29. The fourth-order valence-corrected chi connectivity index (χ4v) is 3.29. The zero-order valence-corrected chi connectivity index (χ0v) is 13.7. The summed E-state index contributed by atoms with van der Waals surface area (Å²) in [4.78, 5) is 29.1. The Morgan fingerprint density at radius 3 is 2.59 bits per heavy atom. The molecule has 1 aliphatic heterocycles. The Hall–Kier alpha value is -1.59. The Morgan fingerprint density at radius 1 is 1.23 bits per heavy atom. The summed E-state index contributed by atoms with van der Waals surface area (Å²) < 4.78 is 0. The van der Waals surface area contributed by atoms with Crippen molar-refractivity contribution in [2.24, 2.45) is 10.9 Å². The predicted octanol–water partition coefficient (Wildman–Crippen LogP) is 1.27. The van der Waals surface area contributed by atoms with Gasteiger partial charge in [0.15, 0.2) is 5.96 Å². The summed E-state index contributed by atoms with van der Waals surface area (Å²) in [6.07, 6.45) is 6.57. The van der Waals surface area contributed by atoms with Crippen molar-refractivity contribution in [3.8, 4) is 0 Å². The Labute approximate surface area is 132 Å². The molecule has 0 aromatic carbocycles. The van der Waals surface area contributed by atoms with Crippen LogP contribution in [0.25, 0.3) is 0 Å². The molecule has 0 radical (unpaired) electrons. The number of carbonyl (C=O) groups is 2. The topological polar surface area (TPSA) is 73.8 Å². The molecule has 2 atom stereocenters. The van der Waals surface area contributed by atoms with Crippen LogP contribution in [0.4, 0.5) is 0 Å². The molecule has 6 nitrogen and oxygen atoms in total. The van der Waals surface area contributed by atoms with E-state index in [1.54, 1.807) is 7.05 Å². The monoisotopic (exact) mass is 308 g/mol. The van der Waals surface area contributed by atoms with E-state index in [0.29, 0.717) is 38.4 Å². The van der Waals surface area contributed by atoms with Crippen molar-refractivity contribution in [3.05, 3.63) is 0 Å².